The van der Waals surface area contributed by atoms with Crippen molar-refractivity contribution in [3.63, 3.8) is 0 Å². The number of benzene rings is 1. The van der Waals surface area contributed by atoms with E-state index in [0.29, 0.717) is 12.1 Å². The van der Waals surface area contributed by atoms with Crippen LogP contribution in [0.3, 0.4) is 0 Å². The summed E-state index contributed by atoms with van der Waals surface area (Å²) in [6.07, 6.45) is -4.73. The van der Waals surface area contributed by atoms with Gasteiger partial charge in [0.05, 0.1) is 5.56 Å². The zero-order valence-electron chi connectivity index (χ0n) is 9.81. The maximum absolute atomic E-state index is 13.2. The number of halogens is 4. The molecule has 18 heavy (non-hydrogen) atoms. The molecule has 0 saturated carbocycles. The third-order valence-corrected chi connectivity index (χ3v) is 2.71. The summed E-state index contributed by atoms with van der Waals surface area (Å²) in [4.78, 5) is 11.7. The highest BCUT2D eigenvalue weighted by Crippen LogP contribution is 2.32. The molecule has 0 heterocycles. The minimum absolute atomic E-state index is 0.0779. The Hall–Kier alpha value is -1.43. The third-order valence-electron chi connectivity index (χ3n) is 2.71. The largest absolute Gasteiger partial charge is 0.419 e. The summed E-state index contributed by atoms with van der Waals surface area (Å²) < 4.78 is 50.2. The highest BCUT2D eigenvalue weighted by Gasteiger charge is 2.35. The summed E-state index contributed by atoms with van der Waals surface area (Å²) in [6, 6.07) is 1.85. The van der Waals surface area contributed by atoms with E-state index in [0.717, 1.165) is 6.07 Å². The third kappa shape index (κ3) is 2.87. The first-order chi connectivity index (χ1) is 8.09. The van der Waals surface area contributed by atoms with Crippen LogP contribution in [0.15, 0.2) is 18.2 Å². The van der Waals surface area contributed by atoms with E-state index in [1.54, 1.807) is 6.92 Å². The molecule has 0 bridgehead atoms. The molecule has 0 aromatic heterocycles. The quantitative estimate of drug-likeness (QED) is 0.672. The predicted molar refractivity (Wildman–Crippen MR) is 56.6 cm³/mol. The lowest BCUT2D eigenvalue weighted by Crippen LogP contribution is -2.34. The molecule has 1 atom stereocenters. The first-order valence-electron chi connectivity index (χ1n) is 5.23. The van der Waals surface area contributed by atoms with Gasteiger partial charge in [-0.3, -0.25) is 4.79 Å². The van der Waals surface area contributed by atoms with Crippen LogP contribution in [-0.4, -0.2) is 16.5 Å². The molecule has 0 amide bonds. The van der Waals surface area contributed by atoms with Gasteiger partial charge in [0.1, 0.15) is 11.4 Å². The number of Topliss-reactive ketones (excluding diaryl/α,β-unsaturated/α-hetero) is 1. The van der Waals surface area contributed by atoms with Gasteiger partial charge in [0.2, 0.25) is 0 Å². The molecule has 0 fully saturated rings. The lowest BCUT2D eigenvalue weighted by molar-refractivity contribution is -0.140. The Kier molecular flexibility index (Phi) is 3.81. The van der Waals surface area contributed by atoms with Crippen LogP contribution in [0.2, 0.25) is 0 Å². The highest BCUT2D eigenvalue weighted by molar-refractivity contribution is 6.02. The molecule has 1 N–H and O–H groups in total. The van der Waals surface area contributed by atoms with Gasteiger partial charge in [-0.05, 0) is 25.5 Å². The Labute approximate surface area is 101 Å². The Bertz CT molecular complexity index is 464. The fraction of sp³-hybridized carbons (Fsp3) is 0.417. The first-order valence-corrected chi connectivity index (χ1v) is 5.23. The van der Waals surface area contributed by atoms with E-state index in [2.05, 4.69) is 0 Å². The fourth-order valence-corrected chi connectivity index (χ4v) is 1.36. The molecular formula is C12H12F4O2. The van der Waals surface area contributed by atoms with E-state index in [4.69, 9.17) is 0 Å². The van der Waals surface area contributed by atoms with Gasteiger partial charge in [-0.25, -0.2) is 4.39 Å². The number of hydrogen-bond acceptors (Lipinski definition) is 2. The van der Waals surface area contributed by atoms with E-state index < -0.39 is 28.9 Å². The molecule has 2 nitrogen and oxygen atoms in total. The summed E-state index contributed by atoms with van der Waals surface area (Å²) in [7, 11) is 0. The summed E-state index contributed by atoms with van der Waals surface area (Å²) in [5, 5.41) is 9.67. The lowest BCUT2D eigenvalue weighted by atomic mass is 9.92. The molecule has 1 rings (SSSR count). The summed E-state index contributed by atoms with van der Waals surface area (Å²) in [5.41, 5.74) is -3.44. The van der Waals surface area contributed by atoms with Crippen LogP contribution in [-0.2, 0) is 6.18 Å². The topological polar surface area (TPSA) is 37.3 Å². The van der Waals surface area contributed by atoms with Crippen LogP contribution in [0, 0.1) is 5.82 Å². The summed E-state index contributed by atoms with van der Waals surface area (Å²) in [6.45, 7) is 2.77. The Morgan fingerprint density at radius 1 is 1.33 bits per heavy atom. The number of rotatable bonds is 3. The molecule has 1 unspecified atom stereocenters. The minimum Gasteiger partial charge on any atom is -0.382 e. The van der Waals surface area contributed by atoms with Crippen LogP contribution < -0.4 is 0 Å². The lowest BCUT2D eigenvalue weighted by Gasteiger charge is -2.20. The fourth-order valence-electron chi connectivity index (χ4n) is 1.36. The van der Waals surface area contributed by atoms with E-state index in [9.17, 15) is 27.5 Å². The van der Waals surface area contributed by atoms with Gasteiger partial charge in [-0.1, -0.05) is 13.0 Å². The van der Waals surface area contributed by atoms with Crippen molar-refractivity contribution in [3.05, 3.63) is 35.1 Å². The van der Waals surface area contributed by atoms with Crippen LogP contribution in [0.25, 0.3) is 0 Å². The number of hydrogen-bond donors (Lipinski definition) is 1. The molecule has 0 spiro atoms. The molecule has 1 aromatic carbocycles. The predicted octanol–water partition coefficient (Wildman–Crippen LogP) is 3.19. The number of alkyl halides is 3. The van der Waals surface area contributed by atoms with Gasteiger partial charge in [0, 0.05) is 5.56 Å². The van der Waals surface area contributed by atoms with Crippen molar-refractivity contribution in [1.29, 1.82) is 0 Å². The van der Waals surface area contributed by atoms with E-state index >= 15 is 0 Å². The van der Waals surface area contributed by atoms with Gasteiger partial charge in [0.15, 0.2) is 5.78 Å². The Morgan fingerprint density at radius 2 is 1.89 bits per heavy atom. The number of aliphatic hydroxyl groups is 1. The minimum atomic E-state index is -4.81. The van der Waals surface area contributed by atoms with Crippen LogP contribution >= 0.6 is 0 Å². The maximum atomic E-state index is 13.2. The van der Waals surface area contributed by atoms with Crippen molar-refractivity contribution in [2.75, 3.05) is 0 Å². The normalized spacial score (nSPS) is 15.3. The van der Waals surface area contributed by atoms with Gasteiger partial charge >= 0.3 is 6.18 Å². The molecule has 0 saturated heterocycles. The number of carbonyl (C=O) groups excluding carboxylic acids is 1. The second-order valence-electron chi connectivity index (χ2n) is 4.15. The van der Waals surface area contributed by atoms with Crippen molar-refractivity contribution in [3.8, 4) is 0 Å². The van der Waals surface area contributed by atoms with Crippen LogP contribution in [0.1, 0.15) is 36.2 Å². The second kappa shape index (κ2) is 4.68. The number of ketones is 1. The second-order valence-corrected chi connectivity index (χ2v) is 4.15. The van der Waals surface area contributed by atoms with Crippen molar-refractivity contribution >= 4 is 5.78 Å². The average Bonchev–Trinajstić information content (AvgIpc) is 2.26. The van der Waals surface area contributed by atoms with Gasteiger partial charge < -0.3 is 5.11 Å². The Morgan fingerprint density at radius 3 is 2.28 bits per heavy atom. The van der Waals surface area contributed by atoms with E-state index in [1.807, 2.05) is 0 Å². The van der Waals surface area contributed by atoms with E-state index in [1.165, 1.54) is 6.92 Å². The molecule has 1 aromatic rings. The summed E-state index contributed by atoms with van der Waals surface area (Å²) >= 11 is 0. The van der Waals surface area contributed by atoms with Crippen molar-refractivity contribution < 1.29 is 27.5 Å². The van der Waals surface area contributed by atoms with Gasteiger partial charge in [-0.2, -0.15) is 13.2 Å². The standard InChI is InChI=1S/C12H12F4O2/c1-3-11(2,18)10(17)7-4-5-8(9(13)6-7)12(14,15)16/h4-6,18H,3H2,1-2H3. The molecule has 100 valence electrons. The molecular weight excluding hydrogens is 252 g/mol. The molecule has 0 aliphatic rings. The SMILES string of the molecule is CCC(C)(O)C(=O)c1ccc(C(F)(F)F)c(F)c1. The average molecular weight is 264 g/mol. The molecule has 0 radical (unpaired) electrons. The van der Waals surface area contributed by atoms with Gasteiger partial charge in [0.25, 0.3) is 0 Å². The molecule has 0 aliphatic heterocycles. The first kappa shape index (κ1) is 14.6. The zero-order valence-corrected chi connectivity index (χ0v) is 9.81. The van der Waals surface area contributed by atoms with Crippen LogP contribution in [0.4, 0.5) is 17.6 Å². The van der Waals surface area contributed by atoms with Crippen LogP contribution in [0.5, 0.6) is 0 Å². The van der Waals surface area contributed by atoms with Gasteiger partial charge in [-0.15, -0.1) is 0 Å². The summed E-state index contributed by atoms with van der Waals surface area (Å²) in [5.74, 6) is -2.34. The number of carbonyl (C=O) groups is 1. The highest BCUT2D eigenvalue weighted by atomic mass is 19.4. The molecule has 0 aliphatic carbocycles. The van der Waals surface area contributed by atoms with Crippen molar-refractivity contribution in [2.45, 2.75) is 32.0 Å². The zero-order chi connectivity index (χ0) is 14.1. The maximum Gasteiger partial charge on any atom is 0.419 e. The Balaban J connectivity index is 3.17. The smallest absolute Gasteiger partial charge is 0.382 e. The molecule has 6 heteroatoms. The van der Waals surface area contributed by atoms with Crippen molar-refractivity contribution in [1.82, 2.24) is 0 Å². The monoisotopic (exact) mass is 264 g/mol. The van der Waals surface area contributed by atoms with E-state index in [-0.39, 0.29) is 12.0 Å². The van der Waals surface area contributed by atoms with Crippen molar-refractivity contribution in [2.24, 2.45) is 0 Å².